The molecule has 0 aliphatic carbocycles. The molecule has 0 saturated carbocycles. The molecule has 41 heavy (non-hydrogen) atoms. The molecule has 4 aromatic rings. The van der Waals surface area contributed by atoms with Crippen molar-refractivity contribution in [3.05, 3.63) is 78.5 Å². The molecule has 1 saturated heterocycles. The highest BCUT2D eigenvalue weighted by atomic mass is 32.2. The van der Waals surface area contributed by atoms with Gasteiger partial charge in [-0.1, -0.05) is 63.2 Å². The fourth-order valence-electron chi connectivity index (χ4n) is 4.54. The molecule has 214 valence electrons. The van der Waals surface area contributed by atoms with Crippen LogP contribution in [-0.2, 0) is 15.7 Å². The molecule has 0 atom stereocenters. The molecule has 1 aromatic heterocycles. The second-order valence-electron chi connectivity index (χ2n) is 10.8. The highest BCUT2D eigenvalue weighted by molar-refractivity contribution is 7.85. The molecule has 1 aliphatic heterocycles. The molecular weight excluding hydrogens is 544 g/mol. The van der Waals surface area contributed by atoms with Crippen LogP contribution < -0.4 is 19.5 Å². The number of rotatable bonds is 6. The lowest BCUT2D eigenvalue weighted by molar-refractivity contribution is 0.214. The highest BCUT2D eigenvalue weighted by Gasteiger charge is 2.25. The van der Waals surface area contributed by atoms with Crippen molar-refractivity contribution in [1.29, 1.82) is 0 Å². The van der Waals surface area contributed by atoms with Crippen LogP contribution in [0.15, 0.2) is 72.8 Å². The molecule has 0 unspecified atom stereocenters. The Labute approximate surface area is 238 Å². The second-order valence-corrected chi connectivity index (χ2v) is 12.1. The van der Waals surface area contributed by atoms with Crippen LogP contribution in [0.2, 0.25) is 0 Å². The van der Waals surface area contributed by atoms with Crippen molar-refractivity contribution >= 4 is 44.6 Å². The molecule has 0 bridgehead atoms. The fraction of sp³-hybridized carbons (Fsp3) is 0.276. The third-order valence-corrected chi connectivity index (χ3v) is 7.47. The lowest BCUT2D eigenvalue weighted by Gasteiger charge is -2.16. The minimum Gasteiger partial charge on any atom is -0.367 e. The van der Waals surface area contributed by atoms with E-state index in [2.05, 4.69) is 10.6 Å². The first-order chi connectivity index (χ1) is 19.5. The summed E-state index contributed by atoms with van der Waals surface area (Å²) in [6, 6.07) is 20.2. The Morgan fingerprint density at radius 3 is 2.37 bits per heavy atom. The van der Waals surface area contributed by atoms with E-state index in [0.717, 1.165) is 23.6 Å². The number of nitrogens with zero attached hydrogens (tertiary/aromatic N) is 3. The van der Waals surface area contributed by atoms with Gasteiger partial charge in [0.1, 0.15) is 11.6 Å². The van der Waals surface area contributed by atoms with Gasteiger partial charge in [0.05, 0.1) is 17.1 Å². The summed E-state index contributed by atoms with van der Waals surface area (Å²) in [5, 5.41) is 12.4. The fourth-order valence-corrected chi connectivity index (χ4v) is 5.29. The number of urea groups is 2. The minimum atomic E-state index is -4.42. The number of nitrogens with one attached hydrogen (secondary N) is 3. The van der Waals surface area contributed by atoms with Crippen LogP contribution in [0.4, 0.5) is 21.1 Å². The number of carbonyl (C=O) groups excluding carboxylic acids is 2. The minimum absolute atomic E-state index is 0.0248. The van der Waals surface area contributed by atoms with E-state index >= 15 is 0 Å². The monoisotopic (exact) mass is 576 g/mol. The zero-order valence-corrected chi connectivity index (χ0v) is 23.9. The van der Waals surface area contributed by atoms with Crippen LogP contribution in [0, 0.1) is 0 Å². The molecule has 3 N–H and O–H groups in total. The average molecular weight is 577 g/mol. The van der Waals surface area contributed by atoms with Gasteiger partial charge in [0.2, 0.25) is 0 Å². The Morgan fingerprint density at radius 1 is 0.902 bits per heavy atom. The number of likely N-dealkylation sites (tertiary alicyclic amines) is 1. The van der Waals surface area contributed by atoms with Crippen LogP contribution >= 0.6 is 0 Å². The Bertz CT molecular complexity index is 1700. The SMILES string of the molecule is CC(C)(C)c1cc(NC(=O)Nc2cccc3ccccc23)n(-c2cccc(OS(=O)(=O)NC(=O)N3CCCC3)c2)n1. The Kier molecular flexibility index (Phi) is 7.59. The molecule has 12 heteroatoms. The second kappa shape index (κ2) is 11.1. The first kappa shape index (κ1) is 28.0. The maximum absolute atomic E-state index is 13.1. The van der Waals surface area contributed by atoms with Gasteiger partial charge in [0.25, 0.3) is 0 Å². The van der Waals surface area contributed by atoms with Gasteiger partial charge in [-0.15, -0.1) is 0 Å². The van der Waals surface area contributed by atoms with E-state index in [1.165, 1.54) is 21.7 Å². The lowest BCUT2D eigenvalue weighted by atomic mass is 9.92. The van der Waals surface area contributed by atoms with Gasteiger partial charge in [0, 0.05) is 36.0 Å². The maximum Gasteiger partial charge on any atom is 0.411 e. The van der Waals surface area contributed by atoms with Gasteiger partial charge in [-0.25, -0.2) is 19.0 Å². The van der Waals surface area contributed by atoms with E-state index < -0.39 is 22.4 Å². The van der Waals surface area contributed by atoms with Crippen molar-refractivity contribution in [3.63, 3.8) is 0 Å². The van der Waals surface area contributed by atoms with E-state index in [-0.39, 0.29) is 11.2 Å². The smallest absolute Gasteiger partial charge is 0.367 e. The van der Waals surface area contributed by atoms with E-state index in [1.807, 2.05) is 68.0 Å². The van der Waals surface area contributed by atoms with Gasteiger partial charge in [-0.05, 0) is 36.4 Å². The van der Waals surface area contributed by atoms with Crippen molar-refractivity contribution in [2.75, 3.05) is 23.7 Å². The van der Waals surface area contributed by atoms with E-state index in [1.54, 1.807) is 18.2 Å². The number of carbonyl (C=O) groups is 2. The van der Waals surface area contributed by atoms with Crippen molar-refractivity contribution in [3.8, 4) is 11.4 Å². The summed E-state index contributed by atoms with van der Waals surface area (Å²) in [5.74, 6) is 0.346. The van der Waals surface area contributed by atoms with Crippen molar-refractivity contribution in [2.24, 2.45) is 0 Å². The molecule has 0 radical (unpaired) electrons. The van der Waals surface area contributed by atoms with Crippen LogP contribution in [-0.4, -0.2) is 48.2 Å². The number of fused-ring (bicyclic) bond motifs is 1. The molecule has 1 aliphatic rings. The van der Waals surface area contributed by atoms with E-state index in [9.17, 15) is 18.0 Å². The molecule has 11 nitrogen and oxygen atoms in total. The van der Waals surface area contributed by atoms with Crippen molar-refractivity contribution < 1.29 is 22.2 Å². The Balaban J connectivity index is 1.39. The largest absolute Gasteiger partial charge is 0.411 e. The predicted molar refractivity (Wildman–Crippen MR) is 158 cm³/mol. The van der Waals surface area contributed by atoms with E-state index in [0.29, 0.717) is 36.0 Å². The summed E-state index contributed by atoms with van der Waals surface area (Å²) in [6.07, 6.45) is 1.65. The maximum atomic E-state index is 13.1. The summed E-state index contributed by atoms with van der Waals surface area (Å²) in [7, 11) is -4.42. The number of amides is 4. The number of hydrogen-bond donors (Lipinski definition) is 3. The normalized spacial score (nSPS) is 13.7. The zero-order chi connectivity index (χ0) is 29.2. The molecular formula is C29H32N6O5S. The first-order valence-corrected chi connectivity index (χ1v) is 14.7. The number of hydrogen-bond acceptors (Lipinski definition) is 6. The highest BCUT2D eigenvalue weighted by Crippen LogP contribution is 2.29. The van der Waals surface area contributed by atoms with Crippen LogP contribution in [0.25, 0.3) is 16.5 Å². The van der Waals surface area contributed by atoms with Crippen LogP contribution in [0.3, 0.4) is 0 Å². The van der Waals surface area contributed by atoms with Gasteiger partial charge in [-0.3, -0.25) is 5.32 Å². The summed E-state index contributed by atoms with van der Waals surface area (Å²) in [6.45, 7) is 6.98. The summed E-state index contributed by atoms with van der Waals surface area (Å²) in [5.41, 5.74) is 1.46. The quantitative estimate of drug-likeness (QED) is 0.282. The summed E-state index contributed by atoms with van der Waals surface area (Å²) < 4.78 is 33.8. The predicted octanol–water partition coefficient (Wildman–Crippen LogP) is 5.40. The first-order valence-electron chi connectivity index (χ1n) is 13.3. The molecule has 1 fully saturated rings. The molecule has 2 heterocycles. The van der Waals surface area contributed by atoms with Gasteiger partial charge in [-0.2, -0.15) is 13.5 Å². The van der Waals surface area contributed by atoms with Gasteiger partial charge in [0.15, 0.2) is 0 Å². The Hall–Kier alpha value is -4.58. The molecule has 0 spiro atoms. The van der Waals surface area contributed by atoms with Crippen molar-refractivity contribution in [2.45, 2.75) is 39.0 Å². The molecule has 3 aromatic carbocycles. The van der Waals surface area contributed by atoms with Crippen LogP contribution in [0.5, 0.6) is 5.75 Å². The van der Waals surface area contributed by atoms with Gasteiger partial charge >= 0.3 is 22.4 Å². The summed E-state index contributed by atoms with van der Waals surface area (Å²) in [4.78, 5) is 26.8. The average Bonchev–Trinajstić information content (AvgIpc) is 3.59. The van der Waals surface area contributed by atoms with Crippen LogP contribution in [0.1, 0.15) is 39.3 Å². The third kappa shape index (κ3) is 6.60. The van der Waals surface area contributed by atoms with E-state index in [4.69, 9.17) is 9.28 Å². The van der Waals surface area contributed by atoms with Crippen molar-refractivity contribution in [1.82, 2.24) is 19.4 Å². The molecule has 4 amide bonds. The number of aromatic nitrogens is 2. The number of anilines is 2. The van der Waals surface area contributed by atoms with Gasteiger partial charge < -0.3 is 14.4 Å². The standard InChI is InChI=1S/C29H32N6O5S/c1-29(2,3)25-19-26(31-27(36)30-24-15-8-11-20-10-4-5-14-23(20)24)35(32-25)21-12-9-13-22(18-21)40-41(38,39)33-28(37)34-16-6-7-17-34/h4-5,8-15,18-19H,6-7,16-17H2,1-3H3,(H,33,37)(H2,30,31,36). The molecule has 5 rings (SSSR count). The number of benzene rings is 3. The lowest BCUT2D eigenvalue weighted by Crippen LogP contribution is -2.42. The zero-order valence-electron chi connectivity index (χ0n) is 23.0. The topological polar surface area (TPSA) is 135 Å². The third-order valence-electron chi connectivity index (χ3n) is 6.63. The Morgan fingerprint density at radius 2 is 1.61 bits per heavy atom. The summed E-state index contributed by atoms with van der Waals surface area (Å²) >= 11 is 0.